The topological polar surface area (TPSA) is 52.3 Å². The van der Waals surface area contributed by atoms with E-state index in [2.05, 4.69) is 6.92 Å². The van der Waals surface area contributed by atoms with Crippen LogP contribution in [0.1, 0.15) is 38.2 Å². The number of benzene rings is 1. The van der Waals surface area contributed by atoms with Crippen LogP contribution in [0.2, 0.25) is 0 Å². The van der Waals surface area contributed by atoms with Gasteiger partial charge in [0.15, 0.2) is 0 Å². The molecule has 0 aromatic heterocycles. The third-order valence-electron chi connectivity index (χ3n) is 3.97. The molecule has 0 aliphatic heterocycles. The fraction of sp³-hybridized carbons (Fsp3) is 0.625. The van der Waals surface area contributed by atoms with E-state index in [1.54, 1.807) is 0 Å². The monoisotopic (exact) mass is 295 g/mol. The molecule has 0 amide bonds. The van der Waals surface area contributed by atoms with Crippen LogP contribution in [0, 0.1) is 5.92 Å². The molecule has 3 atom stereocenters. The van der Waals surface area contributed by atoms with Crippen LogP contribution in [0.15, 0.2) is 24.3 Å². The van der Waals surface area contributed by atoms with Crippen molar-refractivity contribution in [3.8, 4) is 5.75 Å². The highest BCUT2D eigenvalue weighted by molar-refractivity contribution is 7.85. The van der Waals surface area contributed by atoms with Crippen LogP contribution in [0.5, 0.6) is 5.75 Å². The number of rotatable bonds is 6. The lowest BCUT2D eigenvalue weighted by atomic mass is 9.91. The first-order chi connectivity index (χ1) is 9.69. The van der Waals surface area contributed by atoms with Crippen LogP contribution in [0.25, 0.3) is 0 Å². The maximum atomic E-state index is 12.2. The van der Waals surface area contributed by atoms with Gasteiger partial charge in [-0.15, -0.1) is 0 Å². The van der Waals surface area contributed by atoms with E-state index in [-0.39, 0.29) is 0 Å². The summed E-state index contributed by atoms with van der Waals surface area (Å²) in [6.45, 7) is 3.34. The summed E-state index contributed by atoms with van der Waals surface area (Å²) in [7, 11) is -0.752. The molecule has 0 radical (unpaired) electrons. The van der Waals surface area contributed by atoms with Crippen molar-refractivity contribution < 1.29 is 8.95 Å². The van der Waals surface area contributed by atoms with Crippen molar-refractivity contribution in [2.24, 2.45) is 11.7 Å². The van der Waals surface area contributed by atoms with E-state index < -0.39 is 10.8 Å². The van der Waals surface area contributed by atoms with Crippen LogP contribution in [-0.2, 0) is 17.3 Å². The van der Waals surface area contributed by atoms with Crippen molar-refractivity contribution >= 4 is 10.8 Å². The van der Waals surface area contributed by atoms with Crippen LogP contribution < -0.4 is 10.5 Å². The molecular formula is C16H25NO2S. The Labute approximate surface area is 124 Å². The van der Waals surface area contributed by atoms with Gasteiger partial charge in [-0.25, -0.2) is 0 Å². The fourth-order valence-corrected chi connectivity index (χ4v) is 4.30. The van der Waals surface area contributed by atoms with E-state index in [0.717, 1.165) is 30.1 Å². The van der Waals surface area contributed by atoms with Crippen molar-refractivity contribution in [2.45, 2.75) is 44.4 Å². The van der Waals surface area contributed by atoms with Gasteiger partial charge < -0.3 is 10.5 Å². The molecule has 0 saturated heterocycles. The van der Waals surface area contributed by atoms with Gasteiger partial charge in [0, 0.05) is 22.6 Å². The van der Waals surface area contributed by atoms with Gasteiger partial charge in [0.05, 0.1) is 12.4 Å². The summed E-state index contributed by atoms with van der Waals surface area (Å²) < 4.78 is 17.9. The van der Waals surface area contributed by atoms with Crippen molar-refractivity contribution in [1.82, 2.24) is 0 Å². The largest absolute Gasteiger partial charge is 0.493 e. The first-order valence-corrected chi connectivity index (χ1v) is 8.86. The second-order valence-corrected chi connectivity index (χ2v) is 7.51. The summed E-state index contributed by atoms with van der Waals surface area (Å²) in [6.07, 6.45) is 4.73. The summed E-state index contributed by atoms with van der Waals surface area (Å²) in [6, 6.07) is 7.78. The molecule has 4 heteroatoms. The number of hydrogen-bond donors (Lipinski definition) is 1. The molecule has 1 aromatic rings. The van der Waals surface area contributed by atoms with Gasteiger partial charge in [0.1, 0.15) is 5.75 Å². The third-order valence-corrected chi connectivity index (χ3v) is 5.71. The molecule has 112 valence electrons. The summed E-state index contributed by atoms with van der Waals surface area (Å²) in [5, 5.41) is 0.377. The molecule has 0 heterocycles. The third kappa shape index (κ3) is 4.60. The predicted octanol–water partition coefficient (Wildman–Crippen LogP) is 2.85. The second-order valence-electron chi connectivity index (χ2n) is 5.68. The summed E-state index contributed by atoms with van der Waals surface area (Å²) in [5.41, 5.74) is 6.65. The second kappa shape index (κ2) is 7.79. The number of nitrogens with two attached hydrogens (primary N) is 1. The van der Waals surface area contributed by atoms with Crippen molar-refractivity contribution in [1.29, 1.82) is 0 Å². The highest BCUT2D eigenvalue weighted by Gasteiger charge is 2.23. The summed E-state index contributed by atoms with van der Waals surface area (Å²) >= 11 is 0. The van der Waals surface area contributed by atoms with Crippen LogP contribution in [0.4, 0.5) is 0 Å². The maximum absolute atomic E-state index is 12.2. The molecule has 1 aliphatic carbocycles. The van der Waals surface area contributed by atoms with E-state index in [1.807, 2.05) is 24.3 Å². The van der Waals surface area contributed by atoms with Gasteiger partial charge in [-0.3, -0.25) is 4.21 Å². The van der Waals surface area contributed by atoms with Crippen molar-refractivity contribution in [3.05, 3.63) is 29.8 Å². The lowest BCUT2D eigenvalue weighted by Gasteiger charge is -2.25. The first kappa shape index (κ1) is 15.5. The van der Waals surface area contributed by atoms with Crippen molar-refractivity contribution in [3.63, 3.8) is 0 Å². The highest BCUT2D eigenvalue weighted by Crippen LogP contribution is 2.27. The normalized spacial score (nSPS) is 24.3. The van der Waals surface area contributed by atoms with Gasteiger partial charge in [0.2, 0.25) is 0 Å². The Bertz CT molecular complexity index is 433. The van der Waals surface area contributed by atoms with Crippen LogP contribution >= 0.6 is 0 Å². The average molecular weight is 295 g/mol. The van der Waals surface area contributed by atoms with Gasteiger partial charge in [-0.05, 0) is 36.5 Å². The van der Waals surface area contributed by atoms with Gasteiger partial charge >= 0.3 is 0 Å². The standard InChI is InChI=1S/C16H25NO2S/c1-13-3-2-4-16(11-13)20(18)10-9-19-15-7-5-14(12-17)6-8-15/h5-8,13,16H,2-4,9-12,17H2,1H3. The zero-order chi connectivity index (χ0) is 14.4. The Hall–Kier alpha value is -0.870. The Balaban J connectivity index is 1.73. The lowest BCUT2D eigenvalue weighted by Crippen LogP contribution is -2.26. The van der Waals surface area contributed by atoms with Gasteiger partial charge in [-0.2, -0.15) is 0 Å². The number of hydrogen-bond acceptors (Lipinski definition) is 3. The molecular weight excluding hydrogens is 270 g/mol. The quantitative estimate of drug-likeness (QED) is 0.878. The summed E-state index contributed by atoms with van der Waals surface area (Å²) in [4.78, 5) is 0. The molecule has 0 bridgehead atoms. The van der Waals surface area contributed by atoms with Gasteiger partial charge in [-0.1, -0.05) is 31.9 Å². The number of ether oxygens (including phenoxy) is 1. The van der Waals surface area contributed by atoms with Crippen molar-refractivity contribution in [2.75, 3.05) is 12.4 Å². The van der Waals surface area contributed by atoms with Gasteiger partial charge in [0.25, 0.3) is 0 Å². The lowest BCUT2D eigenvalue weighted by molar-refractivity contribution is 0.340. The van der Waals surface area contributed by atoms with E-state index >= 15 is 0 Å². The molecule has 3 unspecified atom stereocenters. The zero-order valence-electron chi connectivity index (χ0n) is 12.2. The van der Waals surface area contributed by atoms with Crippen LogP contribution in [0.3, 0.4) is 0 Å². The molecule has 2 N–H and O–H groups in total. The molecule has 0 spiro atoms. The molecule has 1 fully saturated rings. The van der Waals surface area contributed by atoms with E-state index in [0.29, 0.717) is 24.2 Å². The Kier molecular flexibility index (Phi) is 6.05. The predicted molar refractivity (Wildman–Crippen MR) is 84.3 cm³/mol. The Morgan fingerprint density at radius 2 is 2.05 bits per heavy atom. The minimum atomic E-state index is -0.752. The molecule has 2 rings (SSSR count). The zero-order valence-corrected chi connectivity index (χ0v) is 13.0. The Morgan fingerprint density at radius 3 is 2.70 bits per heavy atom. The molecule has 20 heavy (non-hydrogen) atoms. The molecule has 1 aliphatic rings. The van der Waals surface area contributed by atoms with Crippen LogP contribution in [-0.4, -0.2) is 21.8 Å². The SMILES string of the molecule is CC1CCCC(S(=O)CCOc2ccc(CN)cc2)C1. The molecule has 1 aromatic carbocycles. The first-order valence-electron chi connectivity index (χ1n) is 7.48. The minimum absolute atomic E-state index is 0.377. The fourth-order valence-electron chi connectivity index (χ4n) is 2.75. The minimum Gasteiger partial charge on any atom is -0.493 e. The van der Waals surface area contributed by atoms with E-state index in [9.17, 15) is 4.21 Å². The Morgan fingerprint density at radius 1 is 1.30 bits per heavy atom. The molecule has 3 nitrogen and oxygen atoms in total. The highest BCUT2D eigenvalue weighted by atomic mass is 32.2. The average Bonchev–Trinajstić information content (AvgIpc) is 2.48. The summed E-state index contributed by atoms with van der Waals surface area (Å²) in [5.74, 6) is 2.19. The van der Waals surface area contributed by atoms with E-state index in [1.165, 1.54) is 12.8 Å². The van der Waals surface area contributed by atoms with E-state index in [4.69, 9.17) is 10.5 Å². The molecule has 1 saturated carbocycles. The smallest absolute Gasteiger partial charge is 0.119 e. The maximum Gasteiger partial charge on any atom is 0.119 e.